The Morgan fingerprint density at radius 2 is 1.67 bits per heavy atom. The molecule has 0 radical (unpaired) electrons. The maximum Gasteiger partial charge on any atom is 0.113 e. The van der Waals surface area contributed by atoms with Crippen molar-refractivity contribution in [1.82, 2.24) is 5.32 Å². The highest BCUT2D eigenvalue weighted by Gasteiger charge is 2.61. The molecule has 2 nitrogen and oxygen atoms in total. The van der Waals surface area contributed by atoms with Gasteiger partial charge in [0.25, 0.3) is 0 Å². The fourth-order valence-electron chi connectivity index (χ4n) is 1.86. The molecule has 0 aromatic rings. The second kappa shape index (κ2) is 2.47. The molecule has 0 saturated heterocycles. The van der Waals surface area contributed by atoms with Gasteiger partial charge in [0.05, 0.1) is 6.07 Å². The van der Waals surface area contributed by atoms with Gasteiger partial charge in [-0.1, -0.05) is 13.8 Å². The molecule has 1 aliphatic rings. The molecule has 0 aromatic heterocycles. The maximum atomic E-state index is 9.05. The zero-order valence-corrected chi connectivity index (χ0v) is 8.60. The molecule has 2 atom stereocenters. The van der Waals surface area contributed by atoms with Crippen LogP contribution in [0.1, 0.15) is 34.6 Å². The van der Waals surface area contributed by atoms with Crippen molar-refractivity contribution in [3.05, 3.63) is 0 Å². The molecule has 0 aromatic carbocycles. The van der Waals surface area contributed by atoms with Crippen LogP contribution in [-0.4, -0.2) is 11.1 Å². The lowest BCUT2D eigenvalue weighted by Gasteiger charge is -2.25. The number of hydrogen-bond donors (Lipinski definition) is 1. The summed E-state index contributed by atoms with van der Waals surface area (Å²) in [7, 11) is 0. The van der Waals surface area contributed by atoms with E-state index < -0.39 is 0 Å². The molecule has 1 rings (SSSR count). The van der Waals surface area contributed by atoms with Gasteiger partial charge in [-0.05, 0) is 32.6 Å². The lowest BCUT2D eigenvalue weighted by Crippen LogP contribution is -2.46. The average molecular weight is 166 g/mol. The van der Waals surface area contributed by atoms with Crippen LogP contribution in [0.2, 0.25) is 0 Å². The van der Waals surface area contributed by atoms with Crippen molar-refractivity contribution in [1.29, 1.82) is 5.26 Å². The summed E-state index contributed by atoms with van der Waals surface area (Å²) >= 11 is 0. The summed E-state index contributed by atoms with van der Waals surface area (Å²) in [5, 5.41) is 12.4. The summed E-state index contributed by atoms with van der Waals surface area (Å²) in [5.74, 6) is 0.975. The van der Waals surface area contributed by atoms with Gasteiger partial charge < -0.3 is 0 Å². The molecule has 2 unspecified atom stereocenters. The number of nitriles is 1. The van der Waals surface area contributed by atoms with Gasteiger partial charge in [0.1, 0.15) is 5.54 Å². The lowest BCUT2D eigenvalue weighted by molar-refractivity contribution is 0.365. The van der Waals surface area contributed by atoms with Crippen molar-refractivity contribution >= 4 is 0 Å². The van der Waals surface area contributed by atoms with E-state index in [9.17, 15) is 0 Å². The standard InChI is InChI=1S/C10H18N2/c1-7-8(2)10(7,6-11)12-9(3,4)5/h7-8,12H,1-5H3. The summed E-state index contributed by atoms with van der Waals surface area (Å²) in [6, 6.07) is 2.40. The van der Waals surface area contributed by atoms with Crippen molar-refractivity contribution < 1.29 is 0 Å². The molecule has 12 heavy (non-hydrogen) atoms. The minimum Gasteiger partial charge on any atom is -0.294 e. The molecule has 1 N–H and O–H groups in total. The van der Waals surface area contributed by atoms with E-state index in [1.54, 1.807) is 0 Å². The first-order chi connectivity index (χ1) is 5.33. The fraction of sp³-hybridized carbons (Fsp3) is 0.900. The van der Waals surface area contributed by atoms with Crippen LogP contribution >= 0.6 is 0 Å². The SMILES string of the molecule is CC1C(C)C1(C#N)NC(C)(C)C. The summed E-state index contributed by atoms with van der Waals surface area (Å²) in [6.07, 6.45) is 0. The predicted octanol–water partition coefficient (Wildman–Crippen LogP) is 1.92. The van der Waals surface area contributed by atoms with Gasteiger partial charge >= 0.3 is 0 Å². The Bertz CT molecular complexity index is 211. The third kappa shape index (κ3) is 1.34. The Hall–Kier alpha value is -0.550. The van der Waals surface area contributed by atoms with Crippen molar-refractivity contribution in [3.8, 4) is 6.07 Å². The second-order valence-corrected chi connectivity index (χ2v) is 4.93. The quantitative estimate of drug-likeness (QED) is 0.646. The van der Waals surface area contributed by atoms with E-state index in [4.69, 9.17) is 5.26 Å². The normalized spacial score (nSPS) is 40.7. The molecule has 1 aliphatic carbocycles. The smallest absolute Gasteiger partial charge is 0.113 e. The number of hydrogen-bond acceptors (Lipinski definition) is 2. The Morgan fingerprint density at radius 1 is 1.25 bits per heavy atom. The van der Waals surface area contributed by atoms with Gasteiger partial charge in [-0.3, -0.25) is 5.32 Å². The Morgan fingerprint density at radius 3 is 1.75 bits per heavy atom. The van der Waals surface area contributed by atoms with Crippen LogP contribution in [0, 0.1) is 23.2 Å². The Kier molecular flexibility index (Phi) is 1.96. The minimum atomic E-state index is -0.252. The maximum absolute atomic E-state index is 9.05. The van der Waals surface area contributed by atoms with E-state index in [1.807, 2.05) is 0 Å². The highest BCUT2D eigenvalue weighted by atomic mass is 15.1. The van der Waals surface area contributed by atoms with Gasteiger partial charge in [-0.15, -0.1) is 0 Å². The van der Waals surface area contributed by atoms with Crippen LogP contribution in [0.25, 0.3) is 0 Å². The Balaban J connectivity index is 2.70. The van der Waals surface area contributed by atoms with E-state index >= 15 is 0 Å². The van der Waals surface area contributed by atoms with Gasteiger partial charge in [0, 0.05) is 5.54 Å². The second-order valence-electron chi connectivity index (χ2n) is 4.93. The van der Waals surface area contributed by atoms with Crippen molar-refractivity contribution in [2.45, 2.75) is 45.7 Å². The molecule has 0 aliphatic heterocycles. The van der Waals surface area contributed by atoms with E-state index in [2.05, 4.69) is 46.0 Å². The lowest BCUT2D eigenvalue weighted by atomic mass is 10.1. The molecule has 0 heterocycles. The summed E-state index contributed by atoms with van der Waals surface area (Å²) < 4.78 is 0. The van der Waals surface area contributed by atoms with Gasteiger partial charge in [-0.25, -0.2) is 0 Å². The van der Waals surface area contributed by atoms with Crippen molar-refractivity contribution in [3.63, 3.8) is 0 Å². The van der Waals surface area contributed by atoms with E-state index in [0.717, 1.165) is 0 Å². The van der Waals surface area contributed by atoms with Crippen LogP contribution in [0.15, 0.2) is 0 Å². The molecule has 1 saturated carbocycles. The summed E-state index contributed by atoms with van der Waals surface area (Å²) in [5.41, 5.74) is -0.215. The molecule has 0 bridgehead atoms. The first-order valence-electron chi connectivity index (χ1n) is 4.54. The Labute approximate surface area is 75.0 Å². The predicted molar refractivity (Wildman–Crippen MR) is 49.6 cm³/mol. The highest BCUT2D eigenvalue weighted by Crippen LogP contribution is 2.50. The van der Waals surface area contributed by atoms with E-state index in [1.165, 1.54) is 0 Å². The van der Waals surface area contributed by atoms with Crippen LogP contribution < -0.4 is 5.32 Å². The molecule has 2 heteroatoms. The molecule has 1 fully saturated rings. The molecule has 0 spiro atoms. The van der Waals surface area contributed by atoms with Gasteiger partial charge in [0.2, 0.25) is 0 Å². The zero-order chi connectivity index (χ0) is 9.57. The number of nitrogens with zero attached hydrogens (tertiary/aromatic N) is 1. The summed E-state index contributed by atoms with van der Waals surface area (Å²) in [6.45, 7) is 10.6. The molecule has 0 amide bonds. The number of rotatable bonds is 1. The monoisotopic (exact) mass is 166 g/mol. The first-order valence-corrected chi connectivity index (χ1v) is 4.54. The third-order valence-corrected chi connectivity index (χ3v) is 2.84. The first kappa shape index (κ1) is 9.54. The highest BCUT2D eigenvalue weighted by molar-refractivity contribution is 5.28. The molecule has 68 valence electrons. The van der Waals surface area contributed by atoms with Crippen LogP contribution in [0.4, 0.5) is 0 Å². The number of nitrogens with one attached hydrogen (secondary N) is 1. The molecular formula is C10H18N2. The van der Waals surface area contributed by atoms with Gasteiger partial charge in [-0.2, -0.15) is 5.26 Å². The van der Waals surface area contributed by atoms with Crippen molar-refractivity contribution in [2.75, 3.05) is 0 Å². The largest absolute Gasteiger partial charge is 0.294 e. The molecular weight excluding hydrogens is 148 g/mol. The fourth-order valence-corrected chi connectivity index (χ4v) is 1.86. The van der Waals surface area contributed by atoms with E-state index in [-0.39, 0.29) is 11.1 Å². The van der Waals surface area contributed by atoms with Gasteiger partial charge in [0.15, 0.2) is 0 Å². The van der Waals surface area contributed by atoms with Crippen LogP contribution in [-0.2, 0) is 0 Å². The minimum absolute atomic E-state index is 0.0365. The van der Waals surface area contributed by atoms with Crippen LogP contribution in [0.5, 0.6) is 0 Å². The average Bonchev–Trinajstić information content (AvgIpc) is 2.39. The van der Waals surface area contributed by atoms with Crippen molar-refractivity contribution in [2.24, 2.45) is 11.8 Å². The summed E-state index contributed by atoms with van der Waals surface area (Å²) in [4.78, 5) is 0. The van der Waals surface area contributed by atoms with Crippen LogP contribution in [0.3, 0.4) is 0 Å². The third-order valence-electron chi connectivity index (χ3n) is 2.84. The van der Waals surface area contributed by atoms with E-state index in [0.29, 0.717) is 11.8 Å². The zero-order valence-electron chi connectivity index (χ0n) is 8.60. The topological polar surface area (TPSA) is 35.8 Å².